The highest BCUT2D eigenvalue weighted by Crippen LogP contribution is 2.30. The molecule has 0 aromatic heterocycles. The number of ketones is 1. The number of ether oxygens (including phenoxy) is 1. The molecule has 3 heteroatoms. The van der Waals surface area contributed by atoms with Crippen LogP contribution < -0.4 is 5.73 Å². The van der Waals surface area contributed by atoms with Gasteiger partial charge < -0.3 is 10.5 Å². The maximum Gasteiger partial charge on any atom is 0.146 e. The molecular formula is C10H17NO2. The molecule has 2 unspecified atom stereocenters. The number of Topliss-reactive ketones (excluding diaryl/α,β-unsaturated/α-hetero) is 1. The second-order valence-electron chi connectivity index (χ2n) is 4.10. The molecule has 0 aromatic rings. The van der Waals surface area contributed by atoms with E-state index in [0.29, 0.717) is 19.6 Å². The van der Waals surface area contributed by atoms with Crippen molar-refractivity contribution >= 4 is 5.78 Å². The van der Waals surface area contributed by atoms with Crippen molar-refractivity contribution in [3.05, 3.63) is 12.2 Å². The highest BCUT2D eigenvalue weighted by Gasteiger charge is 2.43. The Balaban J connectivity index is 2.68. The number of rotatable bonds is 3. The van der Waals surface area contributed by atoms with Gasteiger partial charge in [0.05, 0.1) is 18.6 Å². The van der Waals surface area contributed by atoms with Gasteiger partial charge in [-0.15, -0.1) is 0 Å². The van der Waals surface area contributed by atoms with Crippen molar-refractivity contribution in [3.63, 3.8) is 0 Å². The minimum atomic E-state index is -0.501. The maximum absolute atomic E-state index is 11.8. The van der Waals surface area contributed by atoms with Gasteiger partial charge in [0.2, 0.25) is 0 Å². The van der Waals surface area contributed by atoms with Crippen LogP contribution in [-0.2, 0) is 9.53 Å². The second kappa shape index (κ2) is 3.60. The zero-order valence-corrected chi connectivity index (χ0v) is 8.30. The Labute approximate surface area is 78.9 Å². The summed E-state index contributed by atoms with van der Waals surface area (Å²) in [6.45, 7) is 8.37. The predicted octanol–water partition coefficient (Wildman–Crippen LogP) is 0.885. The van der Waals surface area contributed by atoms with Crippen LogP contribution in [0.15, 0.2) is 12.2 Å². The lowest BCUT2D eigenvalue weighted by Gasteiger charge is -2.24. The third kappa shape index (κ3) is 1.98. The van der Waals surface area contributed by atoms with E-state index in [1.54, 1.807) is 0 Å². The highest BCUT2D eigenvalue weighted by atomic mass is 16.5. The zero-order valence-electron chi connectivity index (χ0n) is 8.30. The van der Waals surface area contributed by atoms with Gasteiger partial charge >= 0.3 is 0 Å². The van der Waals surface area contributed by atoms with Crippen LogP contribution in [0.2, 0.25) is 0 Å². The molecule has 1 fully saturated rings. The highest BCUT2D eigenvalue weighted by molar-refractivity contribution is 5.87. The van der Waals surface area contributed by atoms with E-state index in [9.17, 15) is 4.79 Å². The Hall–Kier alpha value is -0.670. The number of hydrogen-bond donors (Lipinski definition) is 1. The number of nitrogens with two attached hydrogens (primary N) is 1. The Morgan fingerprint density at radius 3 is 2.77 bits per heavy atom. The van der Waals surface area contributed by atoms with Crippen molar-refractivity contribution in [2.45, 2.75) is 26.3 Å². The van der Waals surface area contributed by atoms with Gasteiger partial charge in [0.1, 0.15) is 5.78 Å². The molecule has 1 heterocycles. The summed E-state index contributed by atoms with van der Waals surface area (Å²) in [5.74, 6) is 0.144. The van der Waals surface area contributed by atoms with Crippen LogP contribution in [0.3, 0.4) is 0 Å². The van der Waals surface area contributed by atoms with Crippen molar-refractivity contribution in [2.75, 3.05) is 13.2 Å². The molecule has 3 nitrogen and oxygen atoms in total. The zero-order chi connectivity index (χ0) is 10.1. The lowest BCUT2D eigenvalue weighted by Crippen LogP contribution is -2.44. The summed E-state index contributed by atoms with van der Waals surface area (Å²) in [5, 5.41) is 0. The van der Waals surface area contributed by atoms with Gasteiger partial charge in [-0.1, -0.05) is 12.2 Å². The lowest BCUT2D eigenvalue weighted by atomic mass is 9.79. The largest absolute Gasteiger partial charge is 0.379 e. The van der Waals surface area contributed by atoms with Crippen LogP contribution in [0.4, 0.5) is 0 Å². The van der Waals surface area contributed by atoms with E-state index in [2.05, 4.69) is 6.58 Å². The molecule has 0 bridgehead atoms. The number of carbonyl (C=O) groups is 1. The molecule has 1 rings (SSSR count). The summed E-state index contributed by atoms with van der Waals surface area (Å²) in [4.78, 5) is 11.8. The van der Waals surface area contributed by atoms with Crippen LogP contribution in [0.1, 0.15) is 20.3 Å². The second-order valence-corrected chi connectivity index (χ2v) is 4.10. The molecule has 74 valence electrons. The molecule has 0 aliphatic carbocycles. The minimum absolute atomic E-state index is 0.144. The van der Waals surface area contributed by atoms with Crippen LogP contribution >= 0.6 is 0 Å². The average Bonchev–Trinajstić information content (AvgIpc) is 2.32. The smallest absolute Gasteiger partial charge is 0.146 e. The standard InChI is InChI=1S/C10H17NO2/c1-7(2)4-9(12)10(3)6-13-5-8(10)11/h8H,1,4-6,11H2,2-3H3. The van der Waals surface area contributed by atoms with E-state index in [1.807, 2.05) is 13.8 Å². The first-order valence-electron chi connectivity index (χ1n) is 4.48. The Kier molecular flexibility index (Phi) is 2.88. The average molecular weight is 183 g/mol. The first-order chi connectivity index (χ1) is 5.97. The van der Waals surface area contributed by atoms with Gasteiger partial charge in [0, 0.05) is 12.5 Å². The van der Waals surface area contributed by atoms with Crippen LogP contribution in [0.25, 0.3) is 0 Å². The summed E-state index contributed by atoms with van der Waals surface area (Å²) in [5.41, 5.74) is 6.19. The van der Waals surface area contributed by atoms with E-state index < -0.39 is 5.41 Å². The van der Waals surface area contributed by atoms with Gasteiger partial charge in [0.15, 0.2) is 0 Å². The number of carbonyl (C=O) groups excluding carboxylic acids is 1. The van der Waals surface area contributed by atoms with Gasteiger partial charge in [-0.2, -0.15) is 0 Å². The van der Waals surface area contributed by atoms with Gasteiger partial charge in [0.25, 0.3) is 0 Å². The first kappa shape index (κ1) is 10.4. The monoisotopic (exact) mass is 183 g/mol. The number of hydrogen-bond acceptors (Lipinski definition) is 3. The molecule has 1 saturated heterocycles. The van der Waals surface area contributed by atoms with Crippen molar-refractivity contribution in [1.82, 2.24) is 0 Å². The molecular weight excluding hydrogens is 166 g/mol. The topological polar surface area (TPSA) is 52.3 Å². The van der Waals surface area contributed by atoms with Gasteiger partial charge in [-0.3, -0.25) is 4.79 Å². The third-order valence-corrected chi connectivity index (χ3v) is 2.62. The van der Waals surface area contributed by atoms with Crippen molar-refractivity contribution in [1.29, 1.82) is 0 Å². The van der Waals surface area contributed by atoms with Crippen molar-refractivity contribution in [2.24, 2.45) is 11.1 Å². The van der Waals surface area contributed by atoms with E-state index in [0.717, 1.165) is 5.57 Å². The normalized spacial score (nSPS) is 33.3. The van der Waals surface area contributed by atoms with Crippen LogP contribution in [-0.4, -0.2) is 25.0 Å². The summed E-state index contributed by atoms with van der Waals surface area (Å²) >= 11 is 0. The molecule has 1 aliphatic heterocycles. The molecule has 0 amide bonds. The molecule has 2 atom stereocenters. The number of allylic oxidation sites excluding steroid dienone is 1. The fourth-order valence-corrected chi connectivity index (χ4v) is 1.45. The molecule has 13 heavy (non-hydrogen) atoms. The Morgan fingerprint density at radius 2 is 2.38 bits per heavy atom. The molecule has 1 aliphatic rings. The molecule has 0 saturated carbocycles. The van der Waals surface area contributed by atoms with Gasteiger partial charge in [-0.05, 0) is 13.8 Å². The first-order valence-corrected chi connectivity index (χ1v) is 4.48. The summed E-state index contributed by atoms with van der Waals surface area (Å²) in [6, 6.07) is -0.167. The third-order valence-electron chi connectivity index (χ3n) is 2.62. The van der Waals surface area contributed by atoms with Crippen molar-refractivity contribution in [3.8, 4) is 0 Å². The van der Waals surface area contributed by atoms with E-state index in [1.165, 1.54) is 0 Å². The Bertz CT molecular complexity index is 237. The fourth-order valence-electron chi connectivity index (χ4n) is 1.45. The van der Waals surface area contributed by atoms with Gasteiger partial charge in [-0.25, -0.2) is 0 Å². The molecule has 0 aromatic carbocycles. The fraction of sp³-hybridized carbons (Fsp3) is 0.700. The van der Waals surface area contributed by atoms with E-state index >= 15 is 0 Å². The maximum atomic E-state index is 11.8. The van der Waals surface area contributed by atoms with Crippen molar-refractivity contribution < 1.29 is 9.53 Å². The molecule has 0 radical (unpaired) electrons. The summed E-state index contributed by atoms with van der Waals surface area (Å²) in [6.07, 6.45) is 0.410. The van der Waals surface area contributed by atoms with Crippen LogP contribution in [0.5, 0.6) is 0 Å². The SMILES string of the molecule is C=C(C)CC(=O)C1(C)COCC1N. The van der Waals surface area contributed by atoms with Crippen LogP contribution in [0, 0.1) is 5.41 Å². The summed E-state index contributed by atoms with van der Waals surface area (Å²) in [7, 11) is 0. The Morgan fingerprint density at radius 1 is 1.77 bits per heavy atom. The minimum Gasteiger partial charge on any atom is -0.379 e. The summed E-state index contributed by atoms with van der Waals surface area (Å²) < 4.78 is 5.20. The lowest BCUT2D eigenvalue weighted by molar-refractivity contribution is -0.127. The molecule has 0 spiro atoms. The predicted molar refractivity (Wildman–Crippen MR) is 51.3 cm³/mol. The molecule has 2 N–H and O–H groups in total. The van der Waals surface area contributed by atoms with E-state index in [4.69, 9.17) is 10.5 Å². The quantitative estimate of drug-likeness (QED) is 0.661. The van der Waals surface area contributed by atoms with E-state index in [-0.39, 0.29) is 11.8 Å².